The van der Waals surface area contributed by atoms with Crippen molar-refractivity contribution in [3.63, 3.8) is 0 Å². The van der Waals surface area contributed by atoms with E-state index in [-0.39, 0.29) is 11.9 Å². The van der Waals surface area contributed by atoms with Gasteiger partial charge < -0.3 is 16.4 Å². The van der Waals surface area contributed by atoms with Crippen LogP contribution in [0, 0.1) is 0 Å². The highest BCUT2D eigenvalue weighted by Crippen LogP contribution is 2.13. The molecule has 1 fully saturated rings. The lowest BCUT2D eigenvalue weighted by Gasteiger charge is -2.22. The number of hydrogen-bond acceptors (Lipinski definition) is 3. The number of carbonyl (C=O) groups excluding carboxylic acids is 2. The maximum atomic E-state index is 11.9. The van der Waals surface area contributed by atoms with E-state index >= 15 is 0 Å². The Morgan fingerprint density at radius 1 is 1.37 bits per heavy atom. The number of benzene rings is 1. The Hall–Kier alpha value is -1.88. The molecule has 102 valence electrons. The van der Waals surface area contributed by atoms with E-state index in [9.17, 15) is 9.59 Å². The van der Waals surface area contributed by atoms with Gasteiger partial charge in [-0.1, -0.05) is 12.5 Å². The summed E-state index contributed by atoms with van der Waals surface area (Å²) in [6.45, 7) is 0.981. The maximum Gasteiger partial charge on any atom is 0.248 e. The van der Waals surface area contributed by atoms with E-state index in [0.29, 0.717) is 17.7 Å². The third-order valence-corrected chi connectivity index (χ3v) is 3.28. The van der Waals surface area contributed by atoms with Crippen LogP contribution in [0.5, 0.6) is 0 Å². The first-order valence-electron chi connectivity index (χ1n) is 6.58. The number of rotatable bonds is 4. The van der Waals surface area contributed by atoms with Crippen molar-refractivity contribution in [1.29, 1.82) is 0 Å². The van der Waals surface area contributed by atoms with Gasteiger partial charge in [0.05, 0.1) is 0 Å². The minimum Gasteiger partial charge on any atom is -0.366 e. The van der Waals surface area contributed by atoms with Crippen molar-refractivity contribution < 1.29 is 9.59 Å². The molecule has 0 saturated carbocycles. The highest BCUT2D eigenvalue weighted by atomic mass is 16.2. The van der Waals surface area contributed by atoms with Crippen LogP contribution in [0.25, 0.3) is 0 Å². The molecule has 0 spiro atoms. The Labute approximate surface area is 112 Å². The molecule has 4 N–H and O–H groups in total. The fraction of sp³-hybridized carbons (Fsp3) is 0.429. The molecule has 1 saturated heterocycles. The van der Waals surface area contributed by atoms with Gasteiger partial charge in [-0.15, -0.1) is 0 Å². The van der Waals surface area contributed by atoms with Crippen molar-refractivity contribution in [2.75, 3.05) is 11.9 Å². The molecular formula is C14H19N3O2. The van der Waals surface area contributed by atoms with Crippen LogP contribution in [-0.2, 0) is 4.79 Å². The topological polar surface area (TPSA) is 84.2 Å². The summed E-state index contributed by atoms with van der Waals surface area (Å²) >= 11 is 0. The number of nitrogens with two attached hydrogens (primary N) is 1. The standard InChI is InChI=1S/C14H19N3O2/c15-14(19)10-4-3-6-12(8-10)17-13(18)9-11-5-1-2-7-16-11/h3-4,6,8,11,16H,1-2,5,7,9H2,(H2,15,19)(H,17,18). The molecule has 2 rings (SSSR count). The van der Waals surface area contributed by atoms with Crippen LogP contribution < -0.4 is 16.4 Å². The molecule has 5 nitrogen and oxygen atoms in total. The molecule has 0 radical (unpaired) electrons. The number of carbonyl (C=O) groups is 2. The zero-order chi connectivity index (χ0) is 13.7. The predicted molar refractivity (Wildman–Crippen MR) is 73.8 cm³/mol. The third-order valence-electron chi connectivity index (χ3n) is 3.28. The summed E-state index contributed by atoms with van der Waals surface area (Å²) in [5.41, 5.74) is 6.21. The van der Waals surface area contributed by atoms with Gasteiger partial charge in [-0.3, -0.25) is 9.59 Å². The molecule has 1 aromatic rings. The highest BCUT2D eigenvalue weighted by Gasteiger charge is 2.16. The molecule has 5 heteroatoms. The SMILES string of the molecule is NC(=O)c1cccc(NC(=O)CC2CCCCN2)c1. The molecule has 0 aromatic heterocycles. The first kappa shape index (κ1) is 13.5. The molecule has 1 atom stereocenters. The van der Waals surface area contributed by atoms with Gasteiger partial charge in [0.25, 0.3) is 0 Å². The summed E-state index contributed by atoms with van der Waals surface area (Å²) in [4.78, 5) is 22.9. The molecule has 1 aliphatic rings. The molecule has 19 heavy (non-hydrogen) atoms. The molecular weight excluding hydrogens is 242 g/mol. The van der Waals surface area contributed by atoms with E-state index < -0.39 is 5.91 Å². The quantitative estimate of drug-likeness (QED) is 0.762. The smallest absolute Gasteiger partial charge is 0.248 e. The van der Waals surface area contributed by atoms with Crippen LogP contribution in [0.3, 0.4) is 0 Å². The summed E-state index contributed by atoms with van der Waals surface area (Å²) in [6.07, 6.45) is 3.84. The highest BCUT2D eigenvalue weighted by molar-refractivity contribution is 5.96. The third kappa shape index (κ3) is 4.06. The summed E-state index contributed by atoms with van der Waals surface area (Å²) in [5, 5.41) is 6.13. The molecule has 1 unspecified atom stereocenters. The molecule has 0 bridgehead atoms. The minimum absolute atomic E-state index is 0.0407. The fourth-order valence-corrected chi connectivity index (χ4v) is 2.28. The van der Waals surface area contributed by atoms with Crippen LogP contribution in [0.1, 0.15) is 36.0 Å². The second-order valence-corrected chi connectivity index (χ2v) is 4.84. The van der Waals surface area contributed by atoms with Gasteiger partial charge in [0.1, 0.15) is 0 Å². The van der Waals surface area contributed by atoms with Gasteiger partial charge in [-0.05, 0) is 37.6 Å². The Bertz CT molecular complexity index is 468. The Balaban J connectivity index is 1.90. The van der Waals surface area contributed by atoms with Crippen molar-refractivity contribution >= 4 is 17.5 Å². The van der Waals surface area contributed by atoms with Crippen molar-refractivity contribution in [1.82, 2.24) is 5.32 Å². The van der Waals surface area contributed by atoms with Gasteiger partial charge in [0.15, 0.2) is 0 Å². The van der Waals surface area contributed by atoms with E-state index in [4.69, 9.17) is 5.73 Å². The first-order valence-corrected chi connectivity index (χ1v) is 6.58. The fourth-order valence-electron chi connectivity index (χ4n) is 2.28. The van der Waals surface area contributed by atoms with Gasteiger partial charge in [0, 0.05) is 23.7 Å². The lowest BCUT2D eigenvalue weighted by Crippen LogP contribution is -2.36. The van der Waals surface area contributed by atoms with E-state index in [2.05, 4.69) is 10.6 Å². The summed E-state index contributed by atoms with van der Waals surface area (Å²) in [5.74, 6) is -0.536. The molecule has 2 amide bonds. The van der Waals surface area contributed by atoms with Crippen LogP contribution >= 0.6 is 0 Å². The van der Waals surface area contributed by atoms with E-state index in [1.165, 1.54) is 12.8 Å². The summed E-state index contributed by atoms with van der Waals surface area (Å²) in [7, 11) is 0. The summed E-state index contributed by atoms with van der Waals surface area (Å²) in [6, 6.07) is 6.93. The van der Waals surface area contributed by atoms with Crippen molar-refractivity contribution in [3.8, 4) is 0 Å². The minimum atomic E-state index is -0.495. The lowest BCUT2D eigenvalue weighted by molar-refractivity contribution is -0.116. The Morgan fingerprint density at radius 3 is 2.89 bits per heavy atom. The normalized spacial score (nSPS) is 18.8. The number of anilines is 1. The molecule has 1 aromatic carbocycles. The molecule has 1 aliphatic heterocycles. The zero-order valence-corrected chi connectivity index (χ0v) is 10.8. The van der Waals surface area contributed by atoms with Crippen LogP contribution in [0.15, 0.2) is 24.3 Å². The first-order chi connectivity index (χ1) is 9.15. The number of primary amides is 1. The Kier molecular flexibility index (Phi) is 4.52. The van der Waals surface area contributed by atoms with Gasteiger partial charge in [0.2, 0.25) is 11.8 Å². The predicted octanol–water partition coefficient (Wildman–Crippen LogP) is 1.26. The number of hydrogen-bond donors (Lipinski definition) is 3. The second kappa shape index (κ2) is 6.33. The average molecular weight is 261 g/mol. The van der Waals surface area contributed by atoms with E-state index in [1.807, 2.05) is 0 Å². The lowest BCUT2D eigenvalue weighted by atomic mass is 10.0. The van der Waals surface area contributed by atoms with Crippen LogP contribution in [0.2, 0.25) is 0 Å². The van der Waals surface area contributed by atoms with Crippen LogP contribution in [-0.4, -0.2) is 24.4 Å². The van der Waals surface area contributed by atoms with Gasteiger partial charge >= 0.3 is 0 Å². The number of piperidine rings is 1. The van der Waals surface area contributed by atoms with Crippen molar-refractivity contribution in [2.45, 2.75) is 31.7 Å². The monoisotopic (exact) mass is 261 g/mol. The molecule has 0 aliphatic carbocycles. The van der Waals surface area contributed by atoms with E-state index in [1.54, 1.807) is 24.3 Å². The second-order valence-electron chi connectivity index (χ2n) is 4.84. The number of nitrogens with one attached hydrogen (secondary N) is 2. The summed E-state index contributed by atoms with van der Waals surface area (Å²) < 4.78 is 0. The number of amides is 2. The Morgan fingerprint density at radius 2 is 2.21 bits per heavy atom. The largest absolute Gasteiger partial charge is 0.366 e. The van der Waals surface area contributed by atoms with Gasteiger partial charge in [-0.25, -0.2) is 0 Å². The van der Waals surface area contributed by atoms with Crippen LogP contribution in [0.4, 0.5) is 5.69 Å². The van der Waals surface area contributed by atoms with E-state index in [0.717, 1.165) is 13.0 Å². The van der Waals surface area contributed by atoms with Gasteiger partial charge in [-0.2, -0.15) is 0 Å². The molecule has 1 heterocycles. The average Bonchev–Trinajstić information content (AvgIpc) is 2.40. The maximum absolute atomic E-state index is 11.9. The van der Waals surface area contributed by atoms with Crippen molar-refractivity contribution in [3.05, 3.63) is 29.8 Å². The van der Waals surface area contributed by atoms with Crippen molar-refractivity contribution in [2.24, 2.45) is 5.73 Å². The zero-order valence-electron chi connectivity index (χ0n) is 10.8.